The zero-order valence-corrected chi connectivity index (χ0v) is 19.5. The summed E-state index contributed by atoms with van der Waals surface area (Å²) >= 11 is 1.59. The van der Waals surface area contributed by atoms with Gasteiger partial charge < -0.3 is 14.2 Å². The van der Waals surface area contributed by atoms with E-state index in [0.29, 0.717) is 23.3 Å². The second-order valence-corrected chi connectivity index (χ2v) is 8.41. The molecular weight excluding hydrogens is 424 g/mol. The van der Waals surface area contributed by atoms with E-state index in [-0.39, 0.29) is 0 Å². The molecule has 2 aromatic heterocycles. The van der Waals surface area contributed by atoms with Gasteiger partial charge >= 0.3 is 0 Å². The molecule has 1 saturated carbocycles. The molecule has 2 heterocycles. The lowest BCUT2D eigenvalue weighted by Gasteiger charge is -2.17. The SMILES string of the molecule is COc1cc(-c2csc(=NC3CCCCC3)n2N=Cc2ccncc2)cc(OC)c1OC. The summed E-state index contributed by atoms with van der Waals surface area (Å²) in [4.78, 5) is 10.0. The van der Waals surface area contributed by atoms with E-state index < -0.39 is 0 Å². The largest absolute Gasteiger partial charge is 0.493 e. The predicted octanol–water partition coefficient (Wildman–Crippen LogP) is 4.75. The van der Waals surface area contributed by atoms with Gasteiger partial charge in [0.25, 0.3) is 0 Å². The van der Waals surface area contributed by atoms with Gasteiger partial charge in [-0.05, 0) is 42.7 Å². The minimum atomic E-state index is 0.345. The van der Waals surface area contributed by atoms with Crippen LogP contribution in [0.2, 0.25) is 0 Å². The van der Waals surface area contributed by atoms with Crippen LogP contribution in [0.5, 0.6) is 17.2 Å². The van der Waals surface area contributed by atoms with Crippen LogP contribution in [-0.4, -0.2) is 43.2 Å². The van der Waals surface area contributed by atoms with Gasteiger partial charge in [0, 0.05) is 23.3 Å². The highest BCUT2D eigenvalue weighted by Crippen LogP contribution is 2.41. The van der Waals surface area contributed by atoms with Crippen LogP contribution in [-0.2, 0) is 0 Å². The molecule has 8 heteroatoms. The third-order valence-corrected chi connectivity index (χ3v) is 6.37. The van der Waals surface area contributed by atoms with Crippen molar-refractivity contribution in [3.05, 3.63) is 52.4 Å². The second-order valence-electron chi connectivity index (χ2n) is 7.58. The van der Waals surface area contributed by atoms with Crippen molar-refractivity contribution in [1.82, 2.24) is 9.66 Å². The quantitative estimate of drug-likeness (QED) is 0.485. The number of hydrogen-bond acceptors (Lipinski definition) is 7. The highest BCUT2D eigenvalue weighted by molar-refractivity contribution is 7.07. The fourth-order valence-electron chi connectivity index (χ4n) is 3.87. The van der Waals surface area contributed by atoms with Crippen molar-refractivity contribution in [3.63, 3.8) is 0 Å². The average molecular weight is 453 g/mol. The standard InChI is InChI=1S/C24H28N4O3S/c1-29-21-13-18(14-22(30-2)23(21)31-3)20-16-32-24(27-19-7-5-4-6-8-19)28(20)26-15-17-9-11-25-12-10-17/h9-16,19H,4-8H2,1-3H3. The lowest BCUT2D eigenvalue weighted by molar-refractivity contribution is 0.324. The van der Waals surface area contributed by atoms with Gasteiger partial charge in [-0.3, -0.25) is 9.98 Å². The minimum Gasteiger partial charge on any atom is -0.493 e. The summed E-state index contributed by atoms with van der Waals surface area (Å²) in [5.74, 6) is 1.76. The van der Waals surface area contributed by atoms with Crippen LogP contribution < -0.4 is 19.0 Å². The normalized spacial score (nSPS) is 15.3. The number of aromatic nitrogens is 2. The first-order valence-electron chi connectivity index (χ1n) is 10.7. The Morgan fingerprint density at radius 1 is 1.00 bits per heavy atom. The van der Waals surface area contributed by atoms with Gasteiger partial charge in [-0.1, -0.05) is 19.3 Å². The molecule has 0 spiro atoms. The number of nitrogens with zero attached hydrogens (tertiary/aromatic N) is 4. The maximum absolute atomic E-state index is 5.56. The van der Waals surface area contributed by atoms with Crippen molar-refractivity contribution in [2.24, 2.45) is 10.1 Å². The number of hydrogen-bond donors (Lipinski definition) is 0. The predicted molar refractivity (Wildman–Crippen MR) is 127 cm³/mol. The monoisotopic (exact) mass is 452 g/mol. The number of benzene rings is 1. The average Bonchev–Trinajstić information content (AvgIpc) is 3.25. The van der Waals surface area contributed by atoms with Crippen LogP contribution >= 0.6 is 11.3 Å². The Morgan fingerprint density at radius 3 is 2.31 bits per heavy atom. The number of rotatable bonds is 7. The van der Waals surface area contributed by atoms with Gasteiger partial charge in [0.15, 0.2) is 11.5 Å². The zero-order chi connectivity index (χ0) is 22.3. The lowest BCUT2D eigenvalue weighted by Crippen LogP contribution is -2.19. The molecule has 0 bridgehead atoms. The highest BCUT2D eigenvalue weighted by atomic mass is 32.1. The molecule has 0 saturated heterocycles. The summed E-state index contributed by atoms with van der Waals surface area (Å²) in [5, 5.41) is 6.88. The van der Waals surface area contributed by atoms with Crippen molar-refractivity contribution in [2.45, 2.75) is 38.1 Å². The van der Waals surface area contributed by atoms with Crippen molar-refractivity contribution in [1.29, 1.82) is 0 Å². The molecule has 1 aliphatic carbocycles. The summed E-state index contributed by atoms with van der Waals surface area (Å²) in [7, 11) is 4.84. The Morgan fingerprint density at radius 2 is 1.69 bits per heavy atom. The Kier molecular flexibility index (Phi) is 7.21. The number of thiazole rings is 1. The van der Waals surface area contributed by atoms with E-state index in [9.17, 15) is 0 Å². The smallest absolute Gasteiger partial charge is 0.206 e. The topological polar surface area (TPSA) is 70.2 Å². The summed E-state index contributed by atoms with van der Waals surface area (Å²) in [6.45, 7) is 0. The van der Waals surface area contributed by atoms with Gasteiger partial charge in [-0.2, -0.15) is 5.10 Å². The Hall–Kier alpha value is -3.13. The lowest BCUT2D eigenvalue weighted by atomic mass is 9.96. The van der Waals surface area contributed by atoms with Gasteiger partial charge in [0.05, 0.1) is 39.3 Å². The molecule has 0 N–H and O–H groups in total. The van der Waals surface area contributed by atoms with Gasteiger partial charge in [0.2, 0.25) is 10.6 Å². The van der Waals surface area contributed by atoms with E-state index in [1.807, 2.05) is 35.2 Å². The van der Waals surface area contributed by atoms with E-state index in [4.69, 9.17) is 24.3 Å². The first kappa shape index (κ1) is 22.1. The molecule has 3 aromatic rings. The van der Waals surface area contributed by atoms with Gasteiger partial charge in [-0.15, -0.1) is 11.3 Å². The van der Waals surface area contributed by atoms with Crippen molar-refractivity contribution in [2.75, 3.05) is 21.3 Å². The Balaban J connectivity index is 1.83. The fourth-order valence-corrected chi connectivity index (χ4v) is 4.78. The van der Waals surface area contributed by atoms with Crippen molar-refractivity contribution >= 4 is 17.6 Å². The van der Waals surface area contributed by atoms with E-state index >= 15 is 0 Å². The van der Waals surface area contributed by atoms with Crippen LogP contribution in [0, 0.1) is 0 Å². The first-order valence-corrected chi connectivity index (χ1v) is 11.6. The van der Waals surface area contributed by atoms with Crippen LogP contribution in [0.1, 0.15) is 37.7 Å². The van der Waals surface area contributed by atoms with Crippen molar-refractivity contribution < 1.29 is 14.2 Å². The van der Waals surface area contributed by atoms with Crippen LogP contribution in [0.15, 0.2) is 52.1 Å². The van der Waals surface area contributed by atoms with Crippen LogP contribution in [0.4, 0.5) is 0 Å². The maximum Gasteiger partial charge on any atom is 0.206 e. The third-order valence-electron chi connectivity index (χ3n) is 5.54. The molecule has 168 valence electrons. The van der Waals surface area contributed by atoms with Crippen LogP contribution in [0.25, 0.3) is 11.3 Å². The fraction of sp³-hybridized carbons (Fsp3) is 0.375. The number of pyridine rings is 1. The number of methoxy groups -OCH3 is 3. The minimum absolute atomic E-state index is 0.345. The van der Waals surface area contributed by atoms with Crippen molar-refractivity contribution in [3.8, 4) is 28.5 Å². The molecule has 0 aliphatic heterocycles. The molecule has 1 aromatic carbocycles. The summed E-state index contributed by atoms with van der Waals surface area (Å²) in [6, 6.07) is 8.07. The molecule has 32 heavy (non-hydrogen) atoms. The third kappa shape index (κ3) is 4.85. The molecular formula is C24H28N4O3S. The molecule has 0 unspecified atom stereocenters. The highest BCUT2D eigenvalue weighted by Gasteiger charge is 2.18. The molecule has 7 nitrogen and oxygen atoms in total. The van der Waals surface area contributed by atoms with Gasteiger partial charge in [-0.25, -0.2) is 4.68 Å². The maximum atomic E-state index is 5.56. The van der Waals surface area contributed by atoms with E-state index in [2.05, 4.69) is 10.4 Å². The molecule has 0 amide bonds. The zero-order valence-electron chi connectivity index (χ0n) is 18.7. The number of ether oxygens (including phenoxy) is 3. The first-order chi connectivity index (χ1) is 15.7. The summed E-state index contributed by atoms with van der Waals surface area (Å²) < 4.78 is 18.5. The van der Waals surface area contributed by atoms with Gasteiger partial charge in [0.1, 0.15) is 0 Å². The second kappa shape index (κ2) is 10.5. The summed E-state index contributed by atoms with van der Waals surface area (Å²) in [6.07, 6.45) is 11.4. The molecule has 0 atom stereocenters. The molecule has 4 rings (SSSR count). The van der Waals surface area contributed by atoms with Crippen LogP contribution in [0.3, 0.4) is 0 Å². The van der Waals surface area contributed by atoms with E-state index in [1.54, 1.807) is 45.1 Å². The van der Waals surface area contributed by atoms with E-state index in [0.717, 1.165) is 34.5 Å². The summed E-state index contributed by atoms with van der Waals surface area (Å²) in [5.41, 5.74) is 2.79. The molecule has 1 aliphatic rings. The van der Waals surface area contributed by atoms with E-state index in [1.165, 1.54) is 19.3 Å². The Bertz CT molecular complexity index is 1110. The Labute approximate surface area is 192 Å². The molecule has 0 radical (unpaired) electrons. The molecule has 1 fully saturated rings.